The predicted octanol–water partition coefficient (Wildman–Crippen LogP) is 1.93. The Balaban J connectivity index is 2.24. The van der Waals surface area contributed by atoms with E-state index in [2.05, 4.69) is 16.7 Å². The molecule has 1 aliphatic rings. The van der Waals surface area contributed by atoms with E-state index in [9.17, 15) is 4.79 Å². The minimum atomic E-state index is 0.0255. The summed E-state index contributed by atoms with van der Waals surface area (Å²) in [7, 11) is 0. The molecule has 0 fully saturated rings. The number of amides is 1. The molecule has 1 heterocycles. The summed E-state index contributed by atoms with van der Waals surface area (Å²) in [6.45, 7) is 5.71. The fourth-order valence-corrected chi connectivity index (χ4v) is 1.93. The Kier molecular flexibility index (Phi) is 3.25. The third-order valence-electron chi connectivity index (χ3n) is 2.92. The highest BCUT2D eigenvalue weighted by Crippen LogP contribution is 2.23. The Labute approximate surface area is 96.2 Å². The van der Waals surface area contributed by atoms with E-state index in [0.29, 0.717) is 0 Å². The van der Waals surface area contributed by atoms with Crippen LogP contribution in [-0.4, -0.2) is 12.5 Å². The van der Waals surface area contributed by atoms with Crippen molar-refractivity contribution in [2.75, 3.05) is 11.9 Å². The Bertz CT molecular complexity index is 399. The third-order valence-corrected chi connectivity index (χ3v) is 2.92. The summed E-state index contributed by atoms with van der Waals surface area (Å²) in [6.07, 6.45) is 0.990. The molecule has 2 rings (SSSR count). The van der Waals surface area contributed by atoms with Crippen LogP contribution in [0.1, 0.15) is 25.0 Å². The summed E-state index contributed by atoms with van der Waals surface area (Å²) in [5, 5.41) is 6.33. The molecule has 0 radical (unpaired) electrons. The van der Waals surface area contributed by atoms with E-state index in [4.69, 9.17) is 0 Å². The van der Waals surface area contributed by atoms with E-state index in [1.807, 2.05) is 26.0 Å². The number of hydrogen-bond acceptors (Lipinski definition) is 2. The van der Waals surface area contributed by atoms with E-state index >= 15 is 0 Å². The van der Waals surface area contributed by atoms with E-state index < -0.39 is 0 Å². The van der Waals surface area contributed by atoms with Crippen LogP contribution in [-0.2, 0) is 17.8 Å². The summed E-state index contributed by atoms with van der Waals surface area (Å²) >= 11 is 0. The first-order valence-electron chi connectivity index (χ1n) is 5.81. The highest BCUT2D eigenvalue weighted by Gasteiger charge is 2.14. The van der Waals surface area contributed by atoms with Crippen LogP contribution in [0.3, 0.4) is 0 Å². The topological polar surface area (TPSA) is 41.1 Å². The van der Waals surface area contributed by atoms with Crippen LogP contribution in [0.25, 0.3) is 0 Å². The van der Waals surface area contributed by atoms with Gasteiger partial charge in [0.2, 0.25) is 5.91 Å². The van der Waals surface area contributed by atoms with Crippen molar-refractivity contribution in [1.82, 2.24) is 5.32 Å². The van der Waals surface area contributed by atoms with Crippen LogP contribution in [0.2, 0.25) is 0 Å². The van der Waals surface area contributed by atoms with E-state index in [1.54, 1.807) is 0 Å². The lowest BCUT2D eigenvalue weighted by Crippen LogP contribution is -2.26. The van der Waals surface area contributed by atoms with Crippen molar-refractivity contribution in [3.8, 4) is 0 Å². The molecular weight excluding hydrogens is 200 g/mol. The molecule has 1 aliphatic heterocycles. The Morgan fingerprint density at radius 3 is 3.00 bits per heavy atom. The quantitative estimate of drug-likeness (QED) is 0.796. The van der Waals surface area contributed by atoms with Crippen LogP contribution in [0.15, 0.2) is 18.2 Å². The van der Waals surface area contributed by atoms with Crippen molar-refractivity contribution in [2.45, 2.75) is 26.8 Å². The standard InChI is InChI=1S/C13H18N2O/c1-9(2)13(16)15-12-5-3-4-10-8-14-7-6-11(10)12/h3-5,9,14H,6-8H2,1-2H3,(H,15,16). The number of hydrogen-bond donors (Lipinski definition) is 2. The number of benzene rings is 1. The van der Waals surface area contributed by atoms with Crippen molar-refractivity contribution in [3.05, 3.63) is 29.3 Å². The van der Waals surface area contributed by atoms with Crippen molar-refractivity contribution in [2.24, 2.45) is 5.92 Å². The average molecular weight is 218 g/mol. The summed E-state index contributed by atoms with van der Waals surface area (Å²) < 4.78 is 0. The molecule has 1 amide bonds. The van der Waals surface area contributed by atoms with Crippen LogP contribution in [0.4, 0.5) is 5.69 Å². The fraction of sp³-hybridized carbons (Fsp3) is 0.462. The number of carbonyl (C=O) groups is 1. The zero-order valence-corrected chi connectivity index (χ0v) is 9.84. The lowest BCUT2D eigenvalue weighted by Gasteiger charge is -2.21. The number of anilines is 1. The van der Waals surface area contributed by atoms with Crippen LogP contribution >= 0.6 is 0 Å². The average Bonchev–Trinajstić information content (AvgIpc) is 2.29. The predicted molar refractivity (Wildman–Crippen MR) is 65.3 cm³/mol. The van der Waals surface area contributed by atoms with Gasteiger partial charge < -0.3 is 10.6 Å². The summed E-state index contributed by atoms with van der Waals surface area (Å²) in [5.74, 6) is 0.115. The molecule has 0 spiro atoms. The zero-order valence-electron chi connectivity index (χ0n) is 9.84. The Morgan fingerprint density at radius 1 is 1.44 bits per heavy atom. The smallest absolute Gasteiger partial charge is 0.226 e. The van der Waals surface area contributed by atoms with Gasteiger partial charge in [-0.2, -0.15) is 0 Å². The Morgan fingerprint density at radius 2 is 2.25 bits per heavy atom. The van der Waals surface area contributed by atoms with E-state index in [-0.39, 0.29) is 11.8 Å². The second-order valence-corrected chi connectivity index (χ2v) is 4.51. The van der Waals surface area contributed by atoms with Crippen molar-refractivity contribution in [1.29, 1.82) is 0 Å². The van der Waals surface area contributed by atoms with Gasteiger partial charge in [0.05, 0.1) is 0 Å². The largest absolute Gasteiger partial charge is 0.326 e. The molecule has 0 saturated heterocycles. The van der Waals surface area contributed by atoms with Crippen LogP contribution in [0.5, 0.6) is 0 Å². The lowest BCUT2D eigenvalue weighted by atomic mass is 9.99. The molecule has 0 unspecified atom stereocenters. The van der Waals surface area contributed by atoms with Gasteiger partial charge in [0.15, 0.2) is 0 Å². The molecule has 0 aliphatic carbocycles. The van der Waals surface area contributed by atoms with Gasteiger partial charge in [-0.25, -0.2) is 0 Å². The highest BCUT2D eigenvalue weighted by atomic mass is 16.1. The first-order chi connectivity index (χ1) is 7.68. The van der Waals surface area contributed by atoms with Gasteiger partial charge >= 0.3 is 0 Å². The molecule has 0 bridgehead atoms. The molecule has 1 aromatic rings. The molecule has 3 heteroatoms. The maximum absolute atomic E-state index is 11.7. The van der Waals surface area contributed by atoms with E-state index in [0.717, 1.165) is 25.2 Å². The fourth-order valence-electron chi connectivity index (χ4n) is 1.93. The van der Waals surface area contributed by atoms with Crippen LogP contribution < -0.4 is 10.6 Å². The molecule has 1 aromatic carbocycles. The van der Waals surface area contributed by atoms with Gasteiger partial charge in [-0.1, -0.05) is 26.0 Å². The van der Waals surface area contributed by atoms with E-state index in [1.165, 1.54) is 11.1 Å². The normalized spacial score (nSPS) is 14.7. The lowest BCUT2D eigenvalue weighted by molar-refractivity contribution is -0.118. The number of carbonyl (C=O) groups excluding carboxylic acids is 1. The number of fused-ring (bicyclic) bond motifs is 1. The molecular formula is C13H18N2O. The number of rotatable bonds is 2. The molecule has 0 saturated carbocycles. The van der Waals surface area contributed by atoms with Crippen molar-refractivity contribution < 1.29 is 4.79 Å². The van der Waals surface area contributed by atoms with Gasteiger partial charge in [-0.05, 0) is 30.2 Å². The van der Waals surface area contributed by atoms with Gasteiger partial charge in [0, 0.05) is 18.2 Å². The molecule has 3 nitrogen and oxygen atoms in total. The van der Waals surface area contributed by atoms with Crippen LogP contribution in [0, 0.1) is 5.92 Å². The molecule has 0 atom stereocenters. The first-order valence-corrected chi connectivity index (χ1v) is 5.81. The van der Waals surface area contributed by atoms with Gasteiger partial charge in [0.25, 0.3) is 0 Å². The monoisotopic (exact) mass is 218 g/mol. The molecule has 86 valence electrons. The summed E-state index contributed by atoms with van der Waals surface area (Å²) in [5.41, 5.74) is 3.57. The number of nitrogens with one attached hydrogen (secondary N) is 2. The molecule has 0 aromatic heterocycles. The zero-order chi connectivity index (χ0) is 11.5. The maximum atomic E-state index is 11.7. The minimum absolute atomic E-state index is 0.0255. The van der Waals surface area contributed by atoms with Crippen molar-refractivity contribution in [3.63, 3.8) is 0 Å². The van der Waals surface area contributed by atoms with Gasteiger partial charge in [-0.3, -0.25) is 4.79 Å². The maximum Gasteiger partial charge on any atom is 0.226 e. The second-order valence-electron chi connectivity index (χ2n) is 4.51. The third kappa shape index (κ3) is 2.25. The first kappa shape index (κ1) is 11.1. The second kappa shape index (κ2) is 4.66. The minimum Gasteiger partial charge on any atom is -0.326 e. The SMILES string of the molecule is CC(C)C(=O)Nc1cccc2c1CCNC2. The summed E-state index contributed by atoms with van der Waals surface area (Å²) in [6, 6.07) is 6.11. The molecule has 2 N–H and O–H groups in total. The van der Waals surface area contributed by atoms with Crippen molar-refractivity contribution >= 4 is 11.6 Å². The van der Waals surface area contributed by atoms with Gasteiger partial charge in [-0.15, -0.1) is 0 Å². The van der Waals surface area contributed by atoms with Gasteiger partial charge in [0.1, 0.15) is 0 Å². The highest BCUT2D eigenvalue weighted by molar-refractivity contribution is 5.93. The molecule has 16 heavy (non-hydrogen) atoms. The Hall–Kier alpha value is -1.35. The summed E-state index contributed by atoms with van der Waals surface area (Å²) in [4.78, 5) is 11.7.